The van der Waals surface area contributed by atoms with Crippen LogP contribution < -0.4 is 25.4 Å². The molecule has 1 amide bonds. The van der Waals surface area contributed by atoms with Crippen LogP contribution in [-0.2, 0) is 9.59 Å². The number of nitrogens with two attached hydrogens (primary N) is 1. The summed E-state index contributed by atoms with van der Waals surface area (Å²) in [6.45, 7) is 0. The number of thioether (sulfide) groups is 1. The molecule has 14 heteroatoms. The number of Topliss-reactive ketones (excluding diaryl/α,β-unsaturated/α-hetero) is 1. The molecule has 3 N–H and O–H groups in total. The highest BCUT2D eigenvalue weighted by molar-refractivity contribution is 8.01. The maximum absolute atomic E-state index is 13.2. The molecular weight excluding hydrogens is 586 g/mol. The molecule has 0 radical (unpaired) electrons. The zero-order valence-corrected chi connectivity index (χ0v) is 24.4. The first-order chi connectivity index (χ1) is 19.9. The lowest BCUT2D eigenvalue weighted by molar-refractivity contribution is -0.116. The number of ketones is 1. The predicted octanol–water partition coefficient (Wildman–Crippen LogP) is 4.64. The van der Waals surface area contributed by atoms with Crippen molar-refractivity contribution in [1.29, 1.82) is 5.26 Å². The highest BCUT2D eigenvalue weighted by Crippen LogP contribution is 2.47. The van der Waals surface area contributed by atoms with E-state index in [1.54, 1.807) is 35.5 Å². The van der Waals surface area contributed by atoms with E-state index in [9.17, 15) is 14.9 Å². The minimum absolute atomic E-state index is 0.0322. The second-order valence-electron chi connectivity index (χ2n) is 8.98. The van der Waals surface area contributed by atoms with Crippen LogP contribution >= 0.6 is 34.7 Å². The molecule has 3 aromatic rings. The van der Waals surface area contributed by atoms with E-state index < -0.39 is 5.92 Å². The van der Waals surface area contributed by atoms with Gasteiger partial charge < -0.3 is 20.5 Å². The molecule has 2 aliphatic rings. The van der Waals surface area contributed by atoms with Gasteiger partial charge in [-0.25, -0.2) is 0 Å². The molecule has 210 valence electrons. The van der Waals surface area contributed by atoms with Crippen LogP contribution in [-0.4, -0.2) is 46.8 Å². The fourth-order valence-corrected chi connectivity index (χ4v) is 6.73. The summed E-state index contributed by atoms with van der Waals surface area (Å²) < 4.78 is 11.0. The van der Waals surface area contributed by atoms with Crippen molar-refractivity contribution in [2.45, 2.75) is 29.5 Å². The molecule has 0 bridgehead atoms. The fraction of sp³-hybridized carbons (Fsp3) is 0.259. The van der Waals surface area contributed by atoms with Crippen LogP contribution in [0.15, 0.2) is 63.7 Å². The summed E-state index contributed by atoms with van der Waals surface area (Å²) in [6.07, 6.45) is 4.92. The monoisotopic (exact) mass is 609 g/mol. The number of carbonyl (C=O) groups excluding carboxylic acids is 2. The van der Waals surface area contributed by atoms with Gasteiger partial charge in [-0.05, 0) is 30.5 Å². The van der Waals surface area contributed by atoms with Gasteiger partial charge in [0.05, 0.1) is 48.2 Å². The van der Waals surface area contributed by atoms with E-state index in [0.29, 0.717) is 62.2 Å². The van der Waals surface area contributed by atoms with Crippen molar-refractivity contribution < 1.29 is 19.1 Å². The molecule has 1 unspecified atom stereocenters. The van der Waals surface area contributed by atoms with Gasteiger partial charge in [0.1, 0.15) is 17.3 Å². The average molecular weight is 610 g/mol. The summed E-state index contributed by atoms with van der Waals surface area (Å²) in [5.41, 5.74) is 9.20. The largest absolute Gasteiger partial charge is 0.495 e. The number of allylic oxidation sites excluding steroid dienone is 3. The first-order valence-corrected chi connectivity index (χ1v) is 14.6. The van der Waals surface area contributed by atoms with Gasteiger partial charge in [0.15, 0.2) is 10.1 Å². The molecule has 1 aliphatic carbocycles. The number of rotatable bonds is 8. The van der Waals surface area contributed by atoms with Gasteiger partial charge in [0, 0.05) is 36.2 Å². The Morgan fingerprint density at radius 1 is 1.29 bits per heavy atom. The lowest BCUT2D eigenvalue weighted by Crippen LogP contribution is -2.38. The van der Waals surface area contributed by atoms with Crippen molar-refractivity contribution in [3.05, 3.63) is 69.9 Å². The average Bonchev–Trinajstić information content (AvgIpc) is 3.44. The third-order valence-electron chi connectivity index (χ3n) is 6.59. The van der Waals surface area contributed by atoms with Crippen LogP contribution in [0.5, 0.6) is 11.5 Å². The maximum Gasteiger partial charge on any atom is 0.234 e. The number of nitrogens with one attached hydrogen (secondary N) is 1. The van der Waals surface area contributed by atoms with Crippen molar-refractivity contribution in [1.82, 2.24) is 15.2 Å². The van der Waals surface area contributed by atoms with Gasteiger partial charge in [-0.2, -0.15) is 5.26 Å². The lowest BCUT2D eigenvalue weighted by atomic mass is 9.76. The molecule has 1 aromatic carbocycles. The zero-order chi connectivity index (χ0) is 29.1. The second kappa shape index (κ2) is 12.2. The molecule has 11 nitrogen and oxygen atoms in total. The van der Waals surface area contributed by atoms with Crippen LogP contribution in [0.2, 0.25) is 5.02 Å². The highest BCUT2D eigenvalue weighted by atomic mass is 35.5. The van der Waals surface area contributed by atoms with Gasteiger partial charge in [-0.15, -0.1) is 10.2 Å². The Bertz CT molecular complexity index is 1620. The number of hydrogen-bond acceptors (Lipinski definition) is 12. The Morgan fingerprint density at radius 2 is 2.10 bits per heavy atom. The molecule has 1 aliphatic heterocycles. The number of anilines is 2. The van der Waals surface area contributed by atoms with Gasteiger partial charge >= 0.3 is 0 Å². The predicted molar refractivity (Wildman–Crippen MR) is 156 cm³/mol. The Hall–Kier alpha value is -4.12. The Balaban J connectivity index is 1.38. The number of nitrogens with zero attached hydrogens (tertiary/aromatic N) is 5. The molecule has 0 saturated heterocycles. The summed E-state index contributed by atoms with van der Waals surface area (Å²) in [5.74, 6) is 0.121. The number of methoxy groups -OCH3 is 2. The van der Waals surface area contributed by atoms with Gasteiger partial charge in [0.25, 0.3) is 0 Å². The molecular formula is C27H24ClN7O4S2. The number of carbonyl (C=O) groups is 2. The van der Waals surface area contributed by atoms with E-state index in [1.165, 1.54) is 37.3 Å². The molecule has 0 fully saturated rings. The maximum atomic E-state index is 13.2. The molecule has 2 aromatic heterocycles. The van der Waals surface area contributed by atoms with Crippen molar-refractivity contribution in [2.75, 3.05) is 30.2 Å². The van der Waals surface area contributed by atoms with Crippen LogP contribution in [0.25, 0.3) is 0 Å². The molecule has 1 atom stereocenters. The van der Waals surface area contributed by atoms with Crippen molar-refractivity contribution in [3.8, 4) is 17.6 Å². The topological polar surface area (TPSA) is 156 Å². The Labute approximate surface area is 249 Å². The second-order valence-corrected chi connectivity index (χ2v) is 11.6. The number of ether oxygens (including phenoxy) is 2. The van der Waals surface area contributed by atoms with E-state index in [4.69, 9.17) is 26.8 Å². The van der Waals surface area contributed by atoms with Crippen LogP contribution in [0.1, 0.15) is 30.7 Å². The van der Waals surface area contributed by atoms with E-state index in [2.05, 4.69) is 26.6 Å². The van der Waals surface area contributed by atoms with Gasteiger partial charge in [-0.3, -0.25) is 19.5 Å². The number of amides is 1. The highest BCUT2D eigenvalue weighted by Gasteiger charge is 2.41. The van der Waals surface area contributed by atoms with Crippen LogP contribution in [0.3, 0.4) is 0 Å². The number of aromatic nitrogens is 3. The Morgan fingerprint density at radius 3 is 2.80 bits per heavy atom. The third kappa shape index (κ3) is 5.58. The first kappa shape index (κ1) is 28.4. The minimum atomic E-state index is -0.596. The first-order valence-electron chi connectivity index (χ1n) is 12.4. The normalized spacial score (nSPS) is 16.8. The van der Waals surface area contributed by atoms with Gasteiger partial charge in [0.2, 0.25) is 11.0 Å². The number of benzene rings is 1. The van der Waals surface area contributed by atoms with E-state index in [1.807, 2.05) is 6.07 Å². The van der Waals surface area contributed by atoms with Crippen molar-refractivity contribution in [3.63, 3.8) is 0 Å². The fourth-order valence-electron chi connectivity index (χ4n) is 4.81. The summed E-state index contributed by atoms with van der Waals surface area (Å²) in [5, 5.41) is 22.2. The molecule has 41 heavy (non-hydrogen) atoms. The summed E-state index contributed by atoms with van der Waals surface area (Å²) in [7, 11) is 2.97. The van der Waals surface area contributed by atoms with Crippen LogP contribution in [0, 0.1) is 11.3 Å². The van der Waals surface area contributed by atoms with Gasteiger partial charge in [-0.1, -0.05) is 40.8 Å². The molecule has 0 spiro atoms. The van der Waals surface area contributed by atoms with Crippen molar-refractivity contribution >= 4 is 57.2 Å². The van der Waals surface area contributed by atoms with Crippen molar-refractivity contribution in [2.24, 2.45) is 5.73 Å². The van der Waals surface area contributed by atoms with E-state index in [-0.39, 0.29) is 28.8 Å². The quantitative estimate of drug-likeness (QED) is 0.343. The number of halogens is 1. The number of pyridine rings is 1. The summed E-state index contributed by atoms with van der Waals surface area (Å²) >= 11 is 8.61. The smallest absolute Gasteiger partial charge is 0.234 e. The number of hydrogen-bond donors (Lipinski definition) is 2. The Kier molecular flexibility index (Phi) is 8.44. The van der Waals surface area contributed by atoms with E-state index >= 15 is 0 Å². The third-order valence-corrected chi connectivity index (χ3v) is 8.93. The minimum Gasteiger partial charge on any atom is -0.495 e. The lowest BCUT2D eigenvalue weighted by Gasteiger charge is -2.37. The molecule has 3 heterocycles. The zero-order valence-electron chi connectivity index (χ0n) is 22.0. The molecule has 0 saturated carbocycles. The molecule has 5 rings (SSSR count). The summed E-state index contributed by atoms with van der Waals surface area (Å²) in [4.78, 5) is 31.8. The van der Waals surface area contributed by atoms with E-state index in [0.717, 1.165) is 5.56 Å². The van der Waals surface area contributed by atoms with Crippen LogP contribution in [0.4, 0.5) is 10.8 Å². The SMILES string of the molecule is COc1cc(OC)c(NC(=O)CSc2nnc(N3C(N)=C(C#N)C(c4cccnc4)C4=C3CCCC4=O)s2)cc1Cl. The number of nitriles is 1. The standard InChI is InChI=1S/C27H24ClN7O4S2/c1-38-20-10-21(39-2)17(9-16(20)28)32-22(37)13-40-27-34-33-26(41-27)35-18-6-3-7-19(36)24(18)23(15(11-29)25(35)30)14-5-4-8-31-12-14/h4-5,8-10,12,23H,3,6-7,13,30H2,1-2H3,(H,32,37). The summed E-state index contributed by atoms with van der Waals surface area (Å²) in [6, 6.07) is 8.97.